The molecule has 0 bridgehead atoms. The Bertz CT molecular complexity index is 837. The molecule has 4 rings (SSSR count). The van der Waals surface area contributed by atoms with Gasteiger partial charge in [-0.1, -0.05) is 42.1 Å². The summed E-state index contributed by atoms with van der Waals surface area (Å²) < 4.78 is 5.46. The summed E-state index contributed by atoms with van der Waals surface area (Å²) in [6.07, 6.45) is 4.54. The zero-order valence-corrected chi connectivity index (χ0v) is 14.7. The summed E-state index contributed by atoms with van der Waals surface area (Å²) in [5, 5.41) is 4.68. The van der Waals surface area contributed by atoms with E-state index in [1.165, 1.54) is 33.6 Å². The highest BCUT2D eigenvalue weighted by molar-refractivity contribution is 7.99. The third-order valence-corrected chi connectivity index (χ3v) is 5.93. The van der Waals surface area contributed by atoms with Gasteiger partial charge in [0, 0.05) is 21.4 Å². The van der Waals surface area contributed by atoms with Gasteiger partial charge >= 0.3 is 0 Å². The summed E-state index contributed by atoms with van der Waals surface area (Å²) >= 11 is 1.86. The quantitative estimate of drug-likeness (QED) is 0.718. The number of benzene rings is 2. The van der Waals surface area contributed by atoms with Crippen LogP contribution in [0.4, 0.5) is 0 Å². The second-order valence-corrected chi connectivity index (χ2v) is 7.28. The summed E-state index contributed by atoms with van der Waals surface area (Å²) in [6.45, 7) is 2.24. The topological polar surface area (TPSA) is 37.0 Å². The van der Waals surface area contributed by atoms with Gasteiger partial charge in [-0.15, -0.1) is 0 Å². The summed E-state index contributed by atoms with van der Waals surface area (Å²) in [6, 6.07) is 15.1. The molecule has 0 aliphatic carbocycles. The zero-order valence-electron chi connectivity index (χ0n) is 13.8. The van der Waals surface area contributed by atoms with Crippen molar-refractivity contribution in [1.82, 2.24) is 10.3 Å². The number of ether oxygens (including phenoxy) is 1. The number of aromatic amines is 1. The Hall–Kier alpha value is -1.91. The van der Waals surface area contributed by atoms with E-state index in [4.69, 9.17) is 4.74 Å². The predicted octanol–water partition coefficient (Wildman–Crippen LogP) is 4.79. The van der Waals surface area contributed by atoms with Gasteiger partial charge in [-0.2, -0.15) is 0 Å². The van der Waals surface area contributed by atoms with Crippen molar-refractivity contribution in [3.63, 3.8) is 0 Å². The van der Waals surface area contributed by atoms with E-state index in [-0.39, 0.29) is 0 Å². The molecule has 0 atom stereocenters. The molecule has 2 aromatic carbocycles. The Morgan fingerprint density at radius 2 is 1.83 bits per heavy atom. The fourth-order valence-electron chi connectivity index (χ4n) is 3.52. The zero-order chi connectivity index (χ0) is 16.4. The van der Waals surface area contributed by atoms with Gasteiger partial charge in [0.15, 0.2) is 0 Å². The third-order valence-electron chi connectivity index (χ3n) is 4.78. The van der Waals surface area contributed by atoms with Crippen LogP contribution < -0.4 is 10.1 Å². The first kappa shape index (κ1) is 15.6. The first-order valence-corrected chi connectivity index (χ1v) is 9.30. The van der Waals surface area contributed by atoms with Gasteiger partial charge in [-0.05, 0) is 49.5 Å². The molecule has 4 heteroatoms. The highest BCUT2D eigenvalue weighted by Crippen LogP contribution is 2.40. The summed E-state index contributed by atoms with van der Waals surface area (Å²) in [5.74, 6) is 1.56. The molecule has 124 valence electrons. The van der Waals surface area contributed by atoms with Gasteiger partial charge in [0.25, 0.3) is 0 Å². The molecule has 3 aromatic rings. The van der Waals surface area contributed by atoms with Crippen molar-refractivity contribution in [2.45, 2.75) is 28.6 Å². The lowest BCUT2D eigenvalue weighted by Crippen LogP contribution is -2.26. The van der Waals surface area contributed by atoms with Crippen LogP contribution in [0.15, 0.2) is 58.5 Å². The largest absolute Gasteiger partial charge is 0.495 e. The Kier molecular flexibility index (Phi) is 4.50. The van der Waals surface area contributed by atoms with Crippen molar-refractivity contribution >= 4 is 22.7 Å². The van der Waals surface area contributed by atoms with E-state index >= 15 is 0 Å². The van der Waals surface area contributed by atoms with Gasteiger partial charge in [0.1, 0.15) is 5.75 Å². The predicted molar refractivity (Wildman–Crippen MR) is 100 cm³/mol. The molecule has 1 aromatic heterocycles. The van der Waals surface area contributed by atoms with E-state index in [2.05, 4.69) is 52.9 Å². The molecule has 2 N–H and O–H groups in total. The van der Waals surface area contributed by atoms with Crippen LogP contribution in [-0.2, 0) is 0 Å². The maximum absolute atomic E-state index is 5.46. The number of hydrogen-bond donors (Lipinski definition) is 2. The van der Waals surface area contributed by atoms with Crippen LogP contribution in [0.5, 0.6) is 5.75 Å². The van der Waals surface area contributed by atoms with Gasteiger partial charge in [-0.3, -0.25) is 0 Å². The van der Waals surface area contributed by atoms with Gasteiger partial charge in [0.2, 0.25) is 0 Å². The van der Waals surface area contributed by atoms with Crippen LogP contribution in [0, 0.1) is 0 Å². The van der Waals surface area contributed by atoms with E-state index in [1.807, 2.05) is 17.8 Å². The van der Waals surface area contributed by atoms with Gasteiger partial charge < -0.3 is 15.0 Å². The molecule has 0 unspecified atom stereocenters. The van der Waals surface area contributed by atoms with Gasteiger partial charge in [0.05, 0.1) is 12.6 Å². The Morgan fingerprint density at radius 3 is 2.67 bits per heavy atom. The normalized spacial score (nSPS) is 15.7. The van der Waals surface area contributed by atoms with Crippen LogP contribution in [-0.4, -0.2) is 25.2 Å². The second-order valence-electron chi connectivity index (χ2n) is 6.20. The van der Waals surface area contributed by atoms with Crippen molar-refractivity contribution in [1.29, 1.82) is 0 Å². The van der Waals surface area contributed by atoms with Crippen molar-refractivity contribution in [3.8, 4) is 5.75 Å². The average molecular weight is 338 g/mol. The molecule has 1 aliphatic rings. The minimum atomic E-state index is 0.662. The maximum Gasteiger partial charge on any atom is 0.142 e. The van der Waals surface area contributed by atoms with Crippen LogP contribution in [0.3, 0.4) is 0 Å². The van der Waals surface area contributed by atoms with E-state index in [1.54, 1.807) is 7.11 Å². The first-order valence-electron chi connectivity index (χ1n) is 8.48. The molecule has 1 saturated heterocycles. The number of aromatic nitrogens is 1. The lowest BCUT2D eigenvalue weighted by atomic mass is 9.90. The Morgan fingerprint density at radius 1 is 1.00 bits per heavy atom. The number of rotatable bonds is 4. The van der Waals surface area contributed by atoms with E-state index in [0.29, 0.717) is 5.92 Å². The smallest absolute Gasteiger partial charge is 0.142 e. The molecule has 1 aliphatic heterocycles. The minimum Gasteiger partial charge on any atom is -0.495 e. The number of para-hydroxylation sites is 1. The number of hydrogen-bond acceptors (Lipinski definition) is 3. The molecule has 24 heavy (non-hydrogen) atoms. The maximum atomic E-state index is 5.46. The molecular weight excluding hydrogens is 316 g/mol. The molecular formula is C20H22N2OS. The molecule has 0 amide bonds. The highest BCUT2D eigenvalue weighted by atomic mass is 32.2. The molecule has 1 fully saturated rings. The van der Waals surface area contributed by atoms with Crippen molar-refractivity contribution in [2.75, 3.05) is 20.2 Å². The van der Waals surface area contributed by atoms with Crippen molar-refractivity contribution in [2.24, 2.45) is 0 Å². The lowest BCUT2D eigenvalue weighted by Gasteiger charge is -2.24. The van der Waals surface area contributed by atoms with Crippen LogP contribution >= 0.6 is 11.8 Å². The molecule has 2 heterocycles. The number of fused-ring (bicyclic) bond motifs is 1. The van der Waals surface area contributed by atoms with E-state index < -0.39 is 0 Å². The van der Waals surface area contributed by atoms with Crippen molar-refractivity contribution < 1.29 is 4.74 Å². The fraction of sp³-hybridized carbons (Fsp3) is 0.300. The summed E-state index contributed by atoms with van der Waals surface area (Å²) in [5.41, 5.74) is 2.56. The standard InChI is InChI=1S/C20H22N2OS/c1-23-17-7-4-6-16-19(13-22-20(16)17)24-18-8-3-2-5-15(18)14-9-11-21-12-10-14/h2-8,13-14,21-22H,9-12H2,1H3. The lowest BCUT2D eigenvalue weighted by molar-refractivity contribution is 0.419. The third kappa shape index (κ3) is 2.92. The number of piperidine rings is 1. The summed E-state index contributed by atoms with van der Waals surface area (Å²) in [7, 11) is 1.72. The minimum absolute atomic E-state index is 0.662. The highest BCUT2D eigenvalue weighted by Gasteiger charge is 2.19. The molecule has 0 radical (unpaired) electrons. The number of methoxy groups -OCH3 is 1. The van der Waals surface area contributed by atoms with Gasteiger partial charge in [-0.25, -0.2) is 0 Å². The van der Waals surface area contributed by atoms with E-state index in [9.17, 15) is 0 Å². The van der Waals surface area contributed by atoms with Crippen molar-refractivity contribution in [3.05, 3.63) is 54.2 Å². The molecule has 0 saturated carbocycles. The van der Waals surface area contributed by atoms with Crippen LogP contribution in [0.2, 0.25) is 0 Å². The van der Waals surface area contributed by atoms with Crippen LogP contribution in [0.1, 0.15) is 24.3 Å². The second kappa shape index (κ2) is 6.91. The monoisotopic (exact) mass is 338 g/mol. The first-order chi connectivity index (χ1) is 11.9. The Balaban J connectivity index is 1.69. The molecule has 0 spiro atoms. The Labute approximate surface area is 146 Å². The number of H-pyrrole nitrogens is 1. The number of nitrogens with one attached hydrogen (secondary N) is 2. The average Bonchev–Trinajstić information content (AvgIpc) is 3.06. The molecule has 3 nitrogen and oxygen atoms in total. The SMILES string of the molecule is COc1cccc2c(Sc3ccccc3C3CCNCC3)c[nH]c12. The van der Waals surface area contributed by atoms with Crippen LogP contribution in [0.25, 0.3) is 10.9 Å². The fourth-order valence-corrected chi connectivity index (χ4v) is 4.65. The summed E-state index contributed by atoms with van der Waals surface area (Å²) in [4.78, 5) is 5.99. The van der Waals surface area contributed by atoms with E-state index in [0.717, 1.165) is 24.4 Å².